The first-order chi connectivity index (χ1) is 9.69. The summed E-state index contributed by atoms with van der Waals surface area (Å²) in [4.78, 5) is 12.3. The second-order valence-electron chi connectivity index (χ2n) is 4.37. The molecule has 0 radical (unpaired) electrons. The Morgan fingerprint density at radius 2 is 2.15 bits per heavy atom. The molecule has 0 aliphatic heterocycles. The molecule has 0 N–H and O–H groups in total. The normalized spacial score (nSPS) is 10.6. The second-order valence-corrected chi connectivity index (χ2v) is 5.72. The molecule has 0 spiro atoms. The molecule has 0 amide bonds. The summed E-state index contributed by atoms with van der Waals surface area (Å²) in [6, 6.07) is 10.9. The number of rotatable bonds is 2. The summed E-state index contributed by atoms with van der Waals surface area (Å²) in [5.41, 5.74) is 1.31. The Kier molecular flexibility index (Phi) is 3.31. The molecule has 0 aliphatic rings. The van der Waals surface area contributed by atoms with Gasteiger partial charge in [-0.1, -0.05) is 17.7 Å². The van der Waals surface area contributed by atoms with Gasteiger partial charge >= 0.3 is 0 Å². The van der Waals surface area contributed by atoms with Gasteiger partial charge in [-0.15, -0.1) is 11.3 Å². The third-order valence-corrected chi connectivity index (χ3v) is 4.35. The van der Waals surface area contributed by atoms with Crippen molar-refractivity contribution in [1.82, 2.24) is 4.57 Å². The van der Waals surface area contributed by atoms with Crippen molar-refractivity contribution in [2.75, 3.05) is 0 Å². The summed E-state index contributed by atoms with van der Waals surface area (Å²) in [5, 5.41) is 12.0. The summed E-state index contributed by atoms with van der Waals surface area (Å²) in [6.07, 6.45) is 1.77. The standard InChI is InChI=1S/C15H9ClN2OS/c16-13-7-10(8-17)1-2-11(13)9-18-5-3-14-12(15(18)19)4-6-20-14/h1-7H,9H2. The van der Waals surface area contributed by atoms with Crippen LogP contribution in [0.25, 0.3) is 10.1 Å². The van der Waals surface area contributed by atoms with Crippen LogP contribution in [0.5, 0.6) is 0 Å². The zero-order valence-electron chi connectivity index (χ0n) is 10.3. The summed E-state index contributed by atoms with van der Waals surface area (Å²) >= 11 is 7.69. The lowest BCUT2D eigenvalue weighted by Crippen LogP contribution is -2.19. The van der Waals surface area contributed by atoms with Gasteiger partial charge in [0.2, 0.25) is 0 Å². The van der Waals surface area contributed by atoms with Crippen LogP contribution < -0.4 is 5.56 Å². The van der Waals surface area contributed by atoms with Crippen molar-refractivity contribution in [1.29, 1.82) is 5.26 Å². The highest BCUT2D eigenvalue weighted by atomic mass is 35.5. The van der Waals surface area contributed by atoms with Gasteiger partial charge in [-0.05, 0) is 35.2 Å². The maximum absolute atomic E-state index is 12.3. The third kappa shape index (κ3) is 2.22. The number of nitrogens with zero attached hydrogens (tertiary/aromatic N) is 2. The molecule has 0 bridgehead atoms. The number of benzene rings is 1. The molecule has 3 aromatic rings. The van der Waals surface area contributed by atoms with Crippen LogP contribution in [0.2, 0.25) is 5.02 Å². The van der Waals surface area contributed by atoms with E-state index in [9.17, 15) is 4.79 Å². The first-order valence-corrected chi connectivity index (χ1v) is 7.20. The molecule has 3 rings (SSSR count). The molecule has 0 saturated carbocycles. The number of aromatic nitrogens is 1. The van der Waals surface area contributed by atoms with Crippen LogP contribution in [0.1, 0.15) is 11.1 Å². The summed E-state index contributed by atoms with van der Waals surface area (Å²) in [6.45, 7) is 0.398. The molecule has 1 aromatic carbocycles. The lowest BCUT2D eigenvalue weighted by molar-refractivity contribution is 0.768. The molecule has 20 heavy (non-hydrogen) atoms. The molecule has 5 heteroatoms. The number of pyridine rings is 1. The molecule has 0 aliphatic carbocycles. The van der Waals surface area contributed by atoms with Crippen molar-refractivity contribution in [2.24, 2.45) is 0 Å². The molecule has 0 fully saturated rings. The second kappa shape index (κ2) is 5.12. The number of hydrogen-bond acceptors (Lipinski definition) is 3. The SMILES string of the molecule is N#Cc1ccc(Cn2ccc3sccc3c2=O)c(Cl)c1. The number of nitriles is 1. The minimum atomic E-state index is -0.0239. The molecular weight excluding hydrogens is 292 g/mol. The van der Waals surface area contributed by atoms with E-state index in [2.05, 4.69) is 0 Å². The molecule has 2 heterocycles. The van der Waals surface area contributed by atoms with Crippen molar-refractivity contribution in [3.63, 3.8) is 0 Å². The van der Waals surface area contributed by atoms with Crippen molar-refractivity contribution in [3.8, 4) is 6.07 Å². The average Bonchev–Trinajstić information content (AvgIpc) is 2.93. The lowest BCUT2D eigenvalue weighted by atomic mass is 10.1. The summed E-state index contributed by atoms with van der Waals surface area (Å²) < 4.78 is 2.61. The fraction of sp³-hybridized carbons (Fsp3) is 0.0667. The number of fused-ring (bicyclic) bond motifs is 1. The maximum Gasteiger partial charge on any atom is 0.259 e. The van der Waals surface area contributed by atoms with Crippen LogP contribution in [-0.2, 0) is 6.54 Å². The van der Waals surface area contributed by atoms with Gasteiger partial charge in [0.15, 0.2) is 0 Å². The van der Waals surface area contributed by atoms with Gasteiger partial charge in [-0.25, -0.2) is 0 Å². The molecule has 2 aromatic heterocycles. The van der Waals surface area contributed by atoms with Crippen LogP contribution in [0.3, 0.4) is 0 Å². The Hall–Kier alpha value is -2.09. The van der Waals surface area contributed by atoms with Crippen molar-refractivity contribution in [3.05, 3.63) is 68.4 Å². The van der Waals surface area contributed by atoms with E-state index in [0.29, 0.717) is 17.1 Å². The molecule has 98 valence electrons. The van der Waals surface area contributed by atoms with Crippen LogP contribution in [0.4, 0.5) is 0 Å². The Balaban J connectivity index is 2.03. The van der Waals surface area contributed by atoms with E-state index in [1.54, 1.807) is 40.3 Å². The lowest BCUT2D eigenvalue weighted by Gasteiger charge is -2.08. The zero-order chi connectivity index (χ0) is 14.1. The van der Waals surface area contributed by atoms with Gasteiger partial charge in [-0.2, -0.15) is 5.26 Å². The quantitative estimate of drug-likeness (QED) is 0.725. The summed E-state index contributed by atoms with van der Waals surface area (Å²) in [5.74, 6) is 0. The Morgan fingerprint density at radius 3 is 2.90 bits per heavy atom. The highest BCUT2D eigenvalue weighted by Crippen LogP contribution is 2.20. The fourth-order valence-corrected chi connectivity index (χ4v) is 3.07. The number of hydrogen-bond donors (Lipinski definition) is 0. The maximum atomic E-state index is 12.3. The first-order valence-electron chi connectivity index (χ1n) is 5.94. The average molecular weight is 301 g/mol. The van der Waals surface area contributed by atoms with Gasteiger partial charge in [0, 0.05) is 15.9 Å². The molecule has 0 atom stereocenters. The predicted molar refractivity (Wildman–Crippen MR) is 81.4 cm³/mol. The van der Waals surface area contributed by atoms with E-state index in [-0.39, 0.29) is 5.56 Å². The van der Waals surface area contributed by atoms with Crippen LogP contribution in [-0.4, -0.2) is 4.57 Å². The van der Waals surface area contributed by atoms with E-state index in [0.717, 1.165) is 15.6 Å². The Bertz CT molecular complexity index is 889. The third-order valence-electron chi connectivity index (χ3n) is 3.12. The molecule has 0 unspecified atom stereocenters. The van der Waals surface area contributed by atoms with E-state index in [1.807, 2.05) is 23.6 Å². The summed E-state index contributed by atoms with van der Waals surface area (Å²) in [7, 11) is 0. The molecular formula is C15H9ClN2OS. The number of thiophene rings is 1. The highest BCUT2D eigenvalue weighted by molar-refractivity contribution is 7.17. The first kappa shape index (κ1) is 12.9. The zero-order valence-corrected chi connectivity index (χ0v) is 11.9. The number of halogens is 1. The monoisotopic (exact) mass is 300 g/mol. The van der Waals surface area contributed by atoms with Crippen LogP contribution in [0.15, 0.2) is 46.7 Å². The van der Waals surface area contributed by atoms with Crippen molar-refractivity contribution >= 4 is 33.0 Å². The van der Waals surface area contributed by atoms with Gasteiger partial charge in [0.1, 0.15) is 0 Å². The van der Waals surface area contributed by atoms with Crippen LogP contribution in [0, 0.1) is 11.3 Å². The van der Waals surface area contributed by atoms with Crippen molar-refractivity contribution < 1.29 is 0 Å². The minimum Gasteiger partial charge on any atom is -0.310 e. The Labute approximate surface area is 124 Å². The van der Waals surface area contributed by atoms with E-state index in [4.69, 9.17) is 16.9 Å². The minimum absolute atomic E-state index is 0.0239. The largest absolute Gasteiger partial charge is 0.310 e. The molecule has 0 saturated heterocycles. The van der Waals surface area contributed by atoms with Crippen LogP contribution >= 0.6 is 22.9 Å². The Morgan fingerprint density at radius 1 is 1.30 bits per heavy atom. The van der Waals surface area contributed by atoms with E-state index >= 15 is 0 Å². The van der Waals surface area contributed by atoms with Gasteiger partial charge < -0.3 is 4.57 Å². The van der Waals surface area contributed by atoms with E-state index < -0.39 is 0 Å². The fourth-order valence-electron chi connectivity index (χ4n) is 2.06. The predicted octanol–water partition coefficient (Wildman–Crippen LogP) is 3.64. The smallest absolute Gasteiger partial charge is 0.259 e. The molecule has 3 nitrogen and oxygen atoms in total. The van der Waals surface area contributed by atoms with E-state index in [1.165, 1.54) is 0 Å². The van der Waals surface area contributed by atoms with Gasteiger partial charge in [-0.3, -0.25) is 4.79 Å². The van der Waals surface area contributed by atoms with Gasteiger partial charge in [0.25, 0.3) is 5.56 Å². The topological polar surface area (TPSA) is 45.8 Å². The highest BCUT2D eigenvalue weighted by Gasteiger charge is 2.07. The van der Waals surface area contributed by atoms with Crippen molar-refractivity contribution in [2.45, 2.75) is 6.54 Å². The van der Waals surface area contributed by atoms with Gasteiger partial charge in [0.05, 0.1) is 23.6 Å².